The maximum atomic E-state index is 9.99. The van der Waals surface area contributed by atoms with Crippen molar-refractivity contribution in [1.82, 2.24) is 14.9 Å². The van der Waals surface area contributed by atoms with Crippen molar-refractivity contribution in [2.75, 3.05) is 13.7 Å². The summed E-state index contributed by atoms with van der Waals surface area (Å²) in [4.78, 5) is 9.43. The molecule has 1 saturated heterocycles. The number of aromatic amines is 1. The number of methoxy groups -OCH3 is 1. The Kier molecular flexibility index (Phi) is 3.71. The molecule has 0 saturated carbocycles. The van der Waals surface area contributed by atoms with Crippen LogP contribution in [0.25, 0.3) is 0 Å². The molecule has 20 heavy (non-hydrogen) atoms. The zero-order chi connectivity index (χ0) is 13.9. The molecule has 5 heteroatoms. The van der Waals surface area contributed by atoms with Crippen LogP contribution in [0.3, 0.4) is 0 Å². The van der Waals surface area contributed by atoms with Crippen LogP contribution < -0.4 is 4.74 Å². The van der Waals surface area contributed by atoms with E-state index in [0.717, 1.165) is 24.4 Å². The molecule has 0 spiro atoms. The first kappa shape index (κ1) is 13.1. The van der Waals surface area contributed by atoms with Crippen LogP contribution in [-0.2, 0) is 6.54 Å². The first-order valence-corrected chi connectivity index (χ1v) is 6.79. The van der Waals surface area contributed by atoms with Crippen LogP contribution in [-0.4, -0.2) is 39.7 Å². The van der Waals surface area contributed by atoms with Crippen molar-refractivity contribution in [2.24, 2.45) is 0 Å². The SMILES string of the molecule is COc1cccc([C@@H]2C[C@@H](O)CN2Cc2cnc[nH]2)c1. The summed E-state index contributed by atoms with van der Waals surface area (Å²) in [7, 11) is 1.67. The van der Waals surface area contributed by atoms with Crippen LogP contribution in [0.4, 0.5) is 0 Å². The van der Waals surface area contributed by atoms with E-state index in [2.05, 4.69) is 20.9 Å². The van der Waals surface area contributed by atoms with Gasteiger partial charge in [-0.1, -0.05) is 12.1 Å². The highest BCUT2D eigenvalue weighted by Gasteiger charge is 2.32. The summed E-state index contributed by atoms with van der Waals surface area (Å²) in [5, 5.41) is 9.99. The topological polar surface area (TPSA) is 61.4 Å². The minimum atomic E-state index is -0.283. The van der Waals surface area contributed by atoms with Gasteiger partial charge in [0.05, 0.1) is 19.5 Å². The number of likely N-dealkylation sites (tertiary alicyclic amines) is 1. The summed E-state index contributed by atoms with van der Waals surface area (Å²) in [6.07, 6.45) is 3.98. The molecule has 2 heterocycles. The van der Waals surface area contributed by atoms with E-state index in [4.69, 9.17) is 4.74 Å². The Morgan fingerprint density at radius 3 is 3.15 bits per heavy atom. The highest BCUT2D eigenvalue weighted by molar-refractivity contribution is 5.31. The molecular formula is C15H19N3O2. The largest absolute Gasteiger partial charge is 0.497 e. The fraction of sp³-hybridized carbons (Fsp3) is 0.400. The highest BCUT2D eigenvalue weighted by atomic mass is 16.5. The number of aromatic nitrogens is 2. The molecule has 0 radical (unpaired) electrons. The first-order valence-electron chi connectivity index (χ1n) is 6.79. The Labute approximate surface area is 118 Å². The molecule has 106 valence electrons. The standard InChI is InChI=1S/C15H19N3O2/c1-20-14-4-2-3-11(5-14)15-6-13(19)9-18(15)8-12-7-16-10-17-12/h2-5,7,10,13,15,19H,6,8-9H2,1H3,(H,16,17)/t13-,15+/m1/s1. The molecule has 0 unspecified atom stereocenters. The lowest BCUT2D eigenvalue weighted by Gasteiger charge is -2.24. The number of imidazole rings is 1. The van der Waals surface area contributed by atoms with Gasteiger partial charge in [0.2, 0.25) is 0 Å². The first-order chi connectivity index (χ1) is 9.76. The summed E-state index contributed by atoms with van der Waals surface area (Å²) in [6, 6.07) is 8.28. The number of nitrogens with one attached hydrogen (secondary N) is 1. The van der Waals surface area contributed by atoms with Gasteiger partial charge in [-0.3, -0.25) is 4.90 Å². The molecule has 1 fully saturated rings. The fourth-order valence-corrected chi connectivity index (χ4v) is 2.84. The number of hydrogen-bond donors (Lipinski definition) is 2. The molecule has 2 N–H and O–H groups in total. The van der Waals surface area contributed by atoms with Crippen molar-refractivity contribution < 1.29 is 9.84 Å². The van der Waals surface area contributed by atoms with Gasteiger partial charge in [-0.2, -0.15) is 0 Å². The number of H-pyrrole nitrogens is 1. The predicted molar refractivity (Wildman–Crippen MR) is 75.4 cm³/mol. The third-order valence-corrected chi connectivity index (χ3v) is 3.79. The Balaban J connectivity index is 1.81. The molecule has 5 nitrogen and oxygen atoms in total. The van der Waals surface area contributed by atoms with Gasteiger partial charge in [0.1, 0.15) is 5.75 Å². The molecule has 1 aliphatic rings. The summed E-state index contributed by atoms with van der Waals surface area (Å²) in [6.45, 7) is 1.44. The second-order valence-corrected chi connectivity index (χ2v) is 5.19. The zero-order valence-corrected chi connectivity index (χ0v) is 11.5. The van der Waals surface area contributed by atoms with Crippen LogP contribution >= 0.6 is 0 Å². The van der Waals surface area contributed by atoms with Crippen molar-refractivity contribution in [3.8, 4) is 5.75 Å². The van der Waals surface area contributed by atoms with Crippen molar-refractivity contribution >= 4 is 0 Å². The minimum Gasteiger partial charge on any atom is -0.497 e. The number of rotatable bonds is 4. The Morgan fingerprint density at radius 2 is 2.40 bits per heavy atom. The van der Waals surface area contributed by atoms with E-state index < -0.39 is 0 Å². The van der Waals surface area contributed by atoms with Crippen LogP contribution in [0, 0.1) is 0 Å². The van der Waals surface area contributed by atoms with Gasteiger partial charge in [-0.05, 0) is 24.1 Å². The summed E-state index contributed by atoms with van der Waals surface area (Å²) in [5.74, 6) is 0.852. The van der Waals surface area contributed by atoms with Gasteiger partial charge in [0.15, 0.2) is 0 Å². The van der Waals surface area contributed by atoms with Gasteiger partial charge in [0.25, 0.3) is 0 Å². The molecule has 0 amide bonds. The summed E-state index contributed by atoms with van der Waals surface area (Å²) >= 11 is 0. The second-order valence-electron chi connectivity index (χ2n) is 5.19. The summed E-state index contributed by atoms with van der Waals surface area (Å²) < 4.78 is 5.29. The van der Waals surface area contributed by atoms with Crippen molar-refractivity contribution in [2.45, 2.75) is 25.1 Å². The molecule has 0 aliphatic carbocycles. The third kappa shape index (κ3) is 2.69. The van der Waals surface area contributed by atoms with E-state index >= 15 is 0 Å². The van der Waals surface area contributed by atoms with E-state index in [1.807, 2.05) is 24.4 Å². The smallest absolute Gasteiger partial charge is 0.119 e. The lowest BCUT2D eigenvalue weighted by molar-refractivity contribution is 0.172. The number of aliphatic hydroxyl groups is 1. The number of ether oxygens (including phenoxy) is 1. The maximum Gasteiger partial charge on any atom is 0.119 e. The number of aliphatic hydroxyl groups excluding tert-OH is 1. The van der Waals surface area contributed by atoms with Crippen LogP contribution in [0.2, 0.25) is 0 Å². The van der Waals surface area contributed by atoms with Gasteiger partial charge >= 0.3 is 0 Å². The van der Waals surface area contributed by atoms with Crippen LogP contribution in [0.1, 0.15) is 23.7 Å². The molecule has 0 bridgehead atoms. The normalized spacial score (nSPS) is 23.1. The van der Waals surface area contributed by atoms with Crippen molar-refractivity contribution in [3.05, 3.63) is 48.0 Å². The Bertz CT molecular complexity index is 556. The van der Waals surface area contributed by atoms with Gasteiger partial charge < -0.3 is 14.8 Å². The molecule has 3 rings (SSSR count). The van der Waals surface area contributed by atoms with E-state index in [0.29, 0.717) is 6.54 Å². The molecule has 2 atom stereocenters. The molecule has 1 aliphatic heterocycles. The van der Waals surface area contributed by atoms with Gasteiger partial charge in [-0.15, -0.1) is 0 Å². The molecule has 1 aromatic heterocycles. The van der Waals surface area contributed by atoms with E-state index in [1.165, 1.54) is 5.56 Å². The average molecular weight is 273 g/mol. The lowest BCUT2D eigenvalue weighted by Crippen LogP contribution is -2.24. The third-order valence-electron chi connectivity index (χ3n) is 3.79. The van der Waals surface area contributed by atoms with Gasteiger partial charge in [-0.25, -0.2) is 4.98 Å². The molecular weight excluding hydrogens is 254 g/mol. The quantitative estimate of drug-likeness (QED) is 0.890. The minimum absolute atomic E-state index is 0.211. The average Bonchev–Trinajstić information content (AvgIpc) is 3.09. The number of benzene rings is 1. The number of hydrogen-bond acceptors (Lipinski definition) is 4. The number of nitrogens with zero attached hydrogens (tertiary/aromatic N) is 2. The predicted octanol–water partition coefficient (Wildman–Crippen LogP) is 1.73. The van der Waals surface area contributed by atoms with Crippen LogP contribution in [0.15, 0.2) is 36.8 Å². The lowest BCUT2D eigenvalue weighted by atomic mass is 10.0. The Hall–Kier alpha value is -1.85. The maximum absolute atomic E-state index is 9.99. The second kappa shape index (κ2) is 5.64. The fourth-order valence-electron chi connectivity index (χ4n) is 2.84. The van der Waals surface area contributed by atoms with Crippen molar-refractivity contribution in [3.63, 3.8) is 0 Å². The van der Waals surface area contributed by atoms with Crippen LogP contribution in [0.5, 0.6) is 5.75 Å². The van der Waals surface area contributed by atoms with E-state index in [9.17, 15) is 5.11 Å². The van der Waals surface area contributed by atoms with Crippen molar-refractivity contribution in [1.29, 1.82) is 0 Å². The summed E-state index contributed by atoms with van der Waals surface area (Å²) in [5.41, 5.74) is 2.24. The number of β-amino-alcohol motifs (C(OH)–C–C–N with tert-alkyl or cyclic N) is 1. The monoisotopic (exact) mass is 273 g/mol. The van der Waals surface area contributed by atoms with E-state index in [1.54, 1.807) is 13.4 Å². The van der Waals surface area contributed by atoms with E-state index in [-0.39, 0.29) is 12.1 Å². The molecule has 2 aromatic rings. The van der Waals surface area contributed by atoms with Gasteiger partial charge in [0, 0.05) is 31.0 Å². The highest BCUT2D eigenvalue weighted by Crippen LogP contribution is 2.34. The zero-order valence-electron chi connectivity index (χ0n) is 11.5. The Morgan fingerprint density at radius 1 is 1.50 bits per heavy atom. The molecule has 1 aromatic carbocycles.